The zero-order valence-corrected chi connectivity index (χ0v) is 10.5. The van der Waals surface area contributed by atoms with E-state index in [0.717, 1.165) is 6.21 Å². The molecule has 4 nitrogen and oxygen atoms in total. The fourth-order valence-corrected chi connectivity index (χ4v) is 1.96. The number of imide groups is 1. The SMILES string of the molecule is C=CC1=C(C=N)C(=O)N(C(C)(CC)CC)C1=O. The molecular weight excluding hydrogens is 216 g/mol. The van der Waals surface area contributed by atoms with Crippen LogP contribution >= 0.6 is 0 Å². The Balaban J connectivity index is 3.28. The van der Waals surface area contributed by atoms with Crippen LogP contribution in [0.5, 0.6) is 0 Å². The summed E-state index contributed by atoms with van der Waals surface area (Å²) in [5.41, 5.74) is -0.121. The first-order chi connectivity index (χ1) is 7.96. The lowest BCUT2D eigenvalue weighted by Gasteiger charge is -2.36. The third-order valence-corrected chi connectivity index (χ3v) is 3.57. The minimum atomic E-state index is -0.493. The maximum absolute atomic E-state index is 12.2. The number of carbonyl (C=O) groups excluding carboxylic acids is 2. The van der Waals surface area contributed by atoms with Crippen LogP contribution in [0.2, 0.25) is 0 Å². The van der Waals surface area contributed by atoms with Crippen LogP contribution in [-0.2, 0) is 9.59 Å². The standard InChI is InChI=1S/C13H18N2O2/c1-5-9-10(8-14)12(17)15(11(9)16)13(4,6-2)7-3/h5,8,14H,1,6-7H2,2-4H3. The van der Waals surface area contributed by atoms with Crippen molar-refractivity contribution in [2.45, 2.75) is 39.2 Å². The van der Waals surface area contributed by atoms with Gasteiger partial charge in [0.25, 0.3) is 11.8 Å². The minimum absolute atomic E-state index is 0.137. The Kier molecular flexibility index (Phi) is 3.66. The first-order valence-electron chi connectivity index (χ1n) is 5.72. The molecule has 0 spiro atoms. The first-order valence-corrected chi connectivity index (χ1v) is 5.72. The van der Waals surface area contributed by atoms with Gasteiger partial charge < -0.3 is 5.41 Å². The van der Waals surface area contributed by atoms with Crippen molar-refractivity contribution in [1.29, 1.82) is 5.41 Å². The molecule has 0 aromatic rings. The molecule has 1 rings (SSSR count). The monoisotopic (exact) mass is 234 g/mol. The van der Waals surface area contributed by atoms with Gasteiger partial charge in [0.2, 0.25) is 0 Å². The zero-order chi connectivity index (χ0) is 13.2. The Morgan fingerprint density at radius 3 is 2.00 bits per heavy atom. The van der Waals surface area contributed by atoms with Crippen LogP contribution in [0.3, 0.4) is 0 Å². The molecule has 0 bridgehead atoms. The molecule has 4 heteroatoms. The van der Waals surface area contributed by atoms with Crippen molar-refractivity contribution in [3.8, 4) is 0 Å². The van der Waals surface area contributed by atoms with E-state index in [0.29, 0.717) is 12.8 Å². The Morgan fingerprint density at radius 2 is 1.71 bits per heavy atom. The summed E-state index contributed by atoms with van der Waals surface area (Å²) >= 11 is 0. The highest BCUT2D eigenvalue weighted by Crippen LogP contribution is 2.32. The van der Waals surface area contributed by atoms with Gasteiger partial charge in [-0.15, -0.1) is 0 Å². The Labute approximate surface area is 102 Å². The number of hydrogen-bond donors (Lipinski definition) is 1. The topological polar surface area (TPSA) is 61.2 Å². The first kappa shape index (κ1) is 13.4. The van der Waals surface area contributed by atoms with E-state index in [-0.39, 0.29) is 23.0 Å². The molecule has 0 atom stereocenters. The number of carbonyl (C=O) groups is 2. The smallest absolute Gasteiger partial charge is 0.263 e. The van der Waals surface area contributed by atoms with E-state index in [1.165, 1.54) is 11.0 Å². The number of rotatable bonds is 5. The molecule has 1 heterocycles. The highest BCUT2D eigenvalue weighted by atomic mass is 16.2. The molecule has 0 radical (unpaired) electrons. The van der Waals surface area contributed by atoms with Gasteiger partial charge in [0.15, 0.2) is 0 Å². The van der Waals surface area contributed by atoms with Crippen molar-refractivity contribution in [3.05, 3.63) is 23.8 Å². The van der Waals surface area contributed by atoms with Gasteiger partial charge in [-0.1, -0.05) is 26.5 Å². The third kappa shape index (κ3) is 1.84. The molecular formula is C13H18N2O2. The lowest BCUT2D eigenvalue weighted by molar-refractivity contribution is -0.144. The average Bonchev–Trinajstić information content (AvgIpc) is 2.59. The van der Waals surface area contributed by atoms with E-state index in [1.807, 2.05) is 20.8 Å². The molecule has 1 N–H and O–H groups in total. The lowest BCUT2D eigenvalue weighted by Crippen LogP contribution is -2.49. The predicted molar refractivity (Wildman–Crippen MR) is 66.8 cm³/mol. The van der Waals surface area contributed by atoms with Gasteiger partial charge in [0, 0.05) is 11.8 Å². The summed E-state index contributed by atoms with van der Waals surface area (Å²) in [5, 5.41) is 7.23. The van der Waals surface area contributed by atoms with Crippen LogP contribution in [0.15, 0.2) is 23.8 Å². The van der Waals surface area contributed by atoms with E-state index in [4.69, 9.17) is 5.41 Å². The normalized spacial score (nSPS) is 16.8. The summed E-state index contributed by atoms with van der Waals surface area (Å²) in [6, 6.07) is 0. The van der Waals surface area contributed by atoms with Crippen LogP contribution in [0, 0.1) is 5.41 Å². The molecule has 0 unspecified atom stereocenters. The summed E-state index contributed by atoms with van der Waals surface area (Å²) in [7, 11) is 0. The Morgan fingerprint density at radius 1 is 1.24 bits per heavy atom. The molecule has 0 fully saturated rings. The minimum Gasteiger partial charge on any atom is -0.308 e. The van der Waals surface area contributed by atoms with Crippen LogP contribution in [0.25, 0.3) is 0 Å². The fraction of sp³-hybridized carbons (Fsp3) is 0.462. The number of nitrogens with one attached hydrogen (secondary N) is 1. The quantitative estimate of drug-likeness (QED) is 0.584. The van der Waals surface area contributed by atoms with E-state index in [1.54, 1.807) is 0 Å². The molecule has 0 aliphatic carbocycles. The molecule has 0 aromatic carbocycles. The Hall–Kier alpha value is -1.71. The summed E-state index contributed by atoms with van der Waals surface area (Å²) in [4.78, 5) is 25.6. The van der Waals surface area contributed by atoms with Crippen LogP contribution in [0.4, 0.5) is 0 Å². The highest BCUT2D eigenvalue weighted by molar-refractivity contribution is 6.29. The largest absolute Gasteiger partial charge is 0.308 e. The van der Waals surface area contributed by atoms with Gasteiger partial charge in [-0.05, 0) is 19.8 Å². The van der Waals surface area contributed by atoms with Gasteiger partial charge in [0.05, 0.1) is 11.1 Å². The molecule has 1 aliphatic heterocycles. The second-order valence-electron chi connectivity index (χ2n) is 4.33. The van der Waals surface area contributed by atoms with E-state index in [9.17, 15) is 9.59 Å². The van der Waals surface area contributed by atoms with Crippen molar-refractivity contribution in [1.82, 2.24) is 4.90 Å². The van der Waals surface area contributed by atoms with Crippen LogP contribution < -0.4 is 0 Å². The number of hydrogen-bond acceptors (Lipinski definition) is 3. The van der Waals surface area contributed by atoms with Gasteiger partial charge in [-0.25, -0.2) is 0 Å². The maximum Gasteiger partial charge on any atom is 0.263 e. The van der Waals surface area contributed by atoms with Crippen molar-refractivity contribution in [2.24, 2.45) is 0 Å². The van der Waals surface area contributed by atoms with Crippen molar-refractivity contribution in [2.75, 3.05) is 0 Å². The molecule has 1 aliphatic rings. The van der Waals surface area contributed by atoms with Crippen LogP contribution in [-0.4, -0.2) is 28.5 Å². The van der Waals surface area contributed by atoms with E-state index >= 15 is 0 Å². The second kappa shape index (κ2) is 4.65. The number of nitrogens with zero attached hydrogens (tertiary/aromatic N) is 1. The van der Waals surface area contributed by atoms with Crippen molar-refractivity contribution >= 4 is 18.0 Å². The second-order valence-corrected chi connectivity index (χ2v) is 4.33. The van der Waals surface area contributed by atoms with Gasteiger partial charge in [-0.3, -0.25) is 14.5 Å². The fourth-order valence-electron chi connectivity index (χ4n) is 1.96. The molecule has 0 aromatic heterocycles. The number of amides is 2. The van der Waals surface area contributed by atoms with Gasteiger partial charge >= 0.3 is 0 Å². The predicted octanol–water partition coefficient (Wildman–Crippen LogP) is 2.07. The summed E-state index contributed by atoms with van der Waals surface area (Å²) < 4.78 is 0. The van der Waals surface area contributed by atoms with E-state index in [2.05, 4.69) is 6.58 Å². The van der Waals surface area contributed by atoms with E-state index < -0.39 is 5.54 Å². The summed E-state index contributed by atoms with van der Waals surface area (Å²) in [5.74, 6) is -0.721. The molecule has 0 saturated carbocycles. The zero-order valence-electron chi connectivity index (χ0n) is 10.5. The highest BCUT2D eigenvalue weighted by Gasteiger charge is 2.44. The third-order valence-electron chi connectivity index (χ3n) is 3.57. The molecule has 2 amide bonds. The average molecular weight is 234 g/mol. The van der Waals surface area contributed by atoms with Crippen LogP contribution in [0.1, 0.15) is 33.6 Å². The van der Waals surface area contributed by atoms with Gasteiger partial charge in [-0.2, -0.15) is 0 Å². The van der Waals surface area contributed by atoms with Crippen molar-refractivity contribution < 1.29 is 9.59 Å². The summed E-state index contributed by atoms with van der Waals surface area (Å²) in [6.45, 7) is 9.31. The van der Waals surface area contributed by atoms with Gasteiger partial charge in [0.1, 0.15) is 0 Å². The molecule has 0 saturated heterocycles. The maximum atomic E-state index is 12.2. The van der Waals surface area contributed by atoms with Crippen molar-refractivity contribution in [3.63, 3.8) is 0 Å². The molecule has 92 valence electrons. The lowest BCUT2D eigenvalue weighted by atomic mass is 9.93. The molecule has 17 heavy (non-hydrogen) atoms. The summed E-state index contributed by atoms with van der Waals surface area (Å²) in [6.07, 6.45) is 3.67. The Bertz CT molecular complexity index is 387.